The van der Waals surface area contributed by atoms with Gasteiger partial charge in [0.05, 0.1) is 18.8 Å². The molecule has 1 aromatic heterocycles. The molecule has 1 aromatic carbocycles. The van der Waals surface area contributed by atoms with Crippen molar-refractivity contribution in [1.82, 2.24) is 5.32 Å². The Morgan fingerprint density at radius 3 is 2.68 bits per heavy atom. The summed E-state index contributed by atoms with van der Waals surface area (Å²) in [5, 5.41) is 5.12. The number of benzene rings is 1. The number of carbonyl (C=O) groups excluding carboxylic acids is 1. The standard InChI is InChI=1S/C20H24N2O2S/c23-20(18-14-25-19-4-2-1-3-17(18)19)21-13-15-5-7-16(8-6-15)22-9-11-24-12-10-22/h5-8,14H,1-4,9-13H2,(H,21,23). The number of anilines is 1. The molecule has 1 fully saturated rings. The summed E-state index contributed by atoms with van der Waals surface area (Å²) < 4.78 is 5.40. The number of nitrogens with one attached hydrogen (secondary N) is 1. The highest BCUT2D eigenvalue weighted by Gasteiger charge is 2.19. The number of hydrogen-bond acceptors (Lipinski definition) is 4. The second-order valence-electron chi connectivity index (χ2n) is 6.71. The van der Waals surface area contributed by atoms with Crippen LogP contribution in [0.3, 0.4) is 0 Å². The van der Waals surface area contributed by atoms with E-state index in [0.29, 0.717) is 6.54 Å². The molecule has 5 heteroatoms. The van der Waals surface area contributed by atoms with Gasteiger partial charge in [-0.3, -0.25) is 4.79 Å². The zero-order valence-corrected chi connectivity index (χ0v) is 15.2. The van der Waals surface area contributed by atoms with E-state index in [1.165, 1.54) is 29.0 Å². The van der Waals surface area contributed by atoms with Gasteiger partial charge in [-0.25, -0.2) is 0 Å². The Kier molecular flexibility index (Phi) is 5.04. The first kappa shape index (κ1) is 16.6. The van der Waals surface area contributed by atoms with Crippen LogP contribution in [-0.2, 0) is 24.1 Å². The van der Waals surface area contributed by atoms with Crippen LogP contribution in [0.4, 0.5) is 5.69 Å². The lowest BCUT2D eigenvalue weighted by atomic mass is 9.95. The highest BCUT2D eigenvalue weighted by atomic mass is 32.1. The van der Waals surface area contributed by atoms with E-state index in [1.807, 2.05) is 5.38 Å². The number of nitrogens with zero attached hydrogens (tertiary/aromatic N) is 1. The molecule has 25 heavy (non-hydrogen) atoms. The van der Waals surface area contributed by atoms with Gasteiger partial charge in [-0.05, 0) is 48.9 Å². The van der Waals surface area contributed by atoms with Crippen molar-refractivity contribution in [2.75, 3.05) is 31.2 Å². The molecule has 1 amide bonds. The summed E-state index contributed by atoms with van der Waals surface area (Å²) in [4.78, 5) is 16.3. The quantitative estimate of drug-likeness (QED) is 0.913. The Hall–Kier alpha value is -1.85. The molecule has 1 N–H and O–H groups in total. The van der Waals surface area contributed by atoms with Crippen molar-refractivity contribution in [3.63, 3.8) is 0 Å². The summed E-state index contributed by atoms with van der Waals surface area (Å²) in [6.07, 6.45) is 4.64. The van der Waals surface area contributed by atoms with Gasteiger partial charge in [0, 0.05) is 35.6 Å². The third-order valence-electron chi connectivity index (χ3n) is 5.07. The van der Waals surface area contributed by atoms with Gasteiger partial charge in [-0.1, -0.05) is 12.1 Å². The van der Waals surface area contributed by atoms with Crippen LogP contribution in [0.1, 0.15) is 39.2 Å². The summed E-state index contributed by atoms with van der Waals surface area (Å²) in [5.74, 6) is 0.0663. The number of amides is 1. The van der Waals surface area contributed by atoms with Crippen molar-refractivity contribution in [3.05, 3.63) is 51.2 Å². The first-order chi connectivity index (χ1) is 12.3. The van der Waals surface area contributed by atoms with Crippen LogP contribution in [0.2, 0.25) is 0 Å². The average Bonchev–Trinajstić information content (AvgIpc) is 3.11. The minimum atomic E-state index is 0.0663. The van der Waals surface area contributed by atoms with Crippen molar-refractivity contribution >= 4 is 22.9 Å². The molecule has 2 heterocycles. The summed E-state index contributed by atoms with van der Waals surface area (Å²) in [6.45, 7) is 4.05. The molecule has 4 rings (SSSR count). The Bertz CT molecular complexity index is 733. The van der Waals surface area contributed by atoms with E-state index in [1.54, 1.807) is 11.3 Å². The maximum Gasteiger partial charge on any atom is 0.252 e. The molecule has 0 unspecified atom stereocenters. The van der Waals surface area contributed by atoms with Crippen LogP contribution in [0.5, 0.6) is 0 Å². The fraction of sp³-hybridized carbons (Fsp3) is 0.450. The summed E-state index contributed by atoms with van der Waals surface area (Å²) in [6, 6.07) is 8.49. The molecule has 1 aliphatic carbocycles. The molecule has 1 saturated heterocycles. The molecule has 0 bridgehead atoms. The third kappa shape index (κ3) is 3.72. The van der Waals surface area contributed by atoms with Crippen molar-refractivity contribution in [2.45, 2.75) is 32.2 Å². The maximum absolute atomic E-state index is 12.5. The van der Waals surface area contributed by atoms with E-state index < -0.39 is 0 Å². The third-order valence-corrected chi connectivity index (χ3v) is 6.16. The SMILES string of the molecule is O=C(NCc1ccc(N2CCOCC2)cc1)c1csc2c1CCCC2. The number of thiophene rings is 1. The molecule has 0 atom stereocenters. The molecule has 0 saturated carbocycles. The lowest BCUT2D eigenvalue weighted by Crippen LogP contribution is -2.36. The van der Waals surface area contributed by atoms with Gasteiger partial charge >= 0.3 is 0 Å². The van der Waals surface area contributed by atoms with E-state index in [2.05, 4.69) is 34.5 Å². The van der Waals surface area contributed by atoms with Crippen molar-refractivity contribution in [2.24, 2.45) is 0 Å². The fourth-order valence-electron chi connectivity index (χ4n) is 3.61. The molecule has 132 valence electrons. The molecular formula is C20H24N2O2S. The van der Waals surface area contributed by atoms with E-state index in [4.69, 9.17) is 4.74 Å². The average molecular weight is 356 g/mol. The Labute approximate surface area is 152 Å². The zero-order valence-electron chi connectivity index (χ0n) is 14.4. The van der Waals surface area contributed by atoms with Crippen molar-refractivity contribution in [3.8, 4) is 0 Å². The fourth-order valence-corrected chi connectivity index (χ4v) is 4.73. The predicted molar refractivity (Wildman–Crippen MR) is 102 cm³/mol. The van der Waals surface area contributed by atoms with Crippen LogP contribution in [0.25, 0.3) is 0 Å². The second-order valence-corrected chi connectivity index (χ2v) is 7.67. The molecule has 1 aliphatic heterocycles. The number of rotatable bonds is 4. The lowest BCUT2D eigenvalue weighted by molar-refractivity contribution is 0.0950. The number of hydrogen-bond donors (Lipinski definition) is 1. The van der Waals surface area contributed by atoms with Crippen molar-refractivity contribution in [1.29, 1.82) is 0 Å². The Morgan fingerprint density at radius 2 is 1.88 bits per heavy atom. The van der Waals surface area contributed by atoms with E-state index >= 15 is 0 Å². The normalized spacial score (nSPS) is 17.2. The number of carbonyl (C=O) groups is 1. The first-order valence-corrected chi connectivity index (χ1v) is 9.98. The first-order valence-electron chi connectivity index (χ1n) is 9.10. The molecule has 2 aromatic rings. The molecular weight excluding hydrogens is 332 g/mol. The summed E-state index contributed by atoms with van der Waals surface area (Å²) >= 11 is 1.74. The van der Waals surface area contributed by atoms with Gasteiger partial charge < -0.3 is 15.0 Å². The minimum Gasteiger partial charge on any atom is -0.378 e. The Balaban J connectivity index is 1.36. The second kappa shape index (κ2) is 7.58. The van der Waals surface area contributed by atoms with E-state index in [0.717, 1.165) is 50.3 Å². The van der Waals surface area contributed by atoms with Gasteiger partial charge in [0.15, 0.2) is 0 Å². The number of morpholine rings is 1. The van der Waals surface area contributed by atoms with Gasteiger partial charge in [0.25, 0.3) is 5.91 Å². The zero-order chi connectivity index (χ0) is 17.1. The van der Waals surface area contributed by atoms with Crippen LogP contribution < -0.4 is 10.2 Å². The number of fused-ring (bicyclic) bond motifs is 1. The number of ether oxygens (including phenoxy) is 1. The molecule has 0 spiro atoms. The van der Waals surface area contributed by atoms with Crippen molar-refractivity contribution < 1.29 is 9.53 Å². The molecule has 4 nitrogen and oxygen atoms in total. The van der Waals surface area contributed by atoms with E-state index in [-0.39, 0.29) is 5.91 Å². The maximum atomic E-state index is 12.5. The van der Waals surface area contributed by atoms with Gasteiger partial charge in [0.2, 0.25) is 0 Å². The highest BCUT2D eigenvalue weighted by Crippen LogP contribution is 2.30. The summed E-state index contributed by atoms with van der Waals surface area (Å²) in [7, 11) is 0. The van der Waals surface area contributed by atoms with E-state index in [9.17, 15) is 4.79 Å². The minimum absolute atomic E-state index is 0.0663. The molecule has 2 aliphatic rings. The van der Waals surface area contributed by atoms with Crippen LogP contribution in [-0.4, -0.2) is 32.2 Å². The smallest absolute Gasteiger partial charge is 0.252 e. The van der Waals surface area contributed by atoms with Gasteiger partial charge in [0.1, 0.15) is 0 Å². The Morgan fingerprint density at radius 1 is 1.12 bits per heavy atom. The predicted octanol–water partition coefficient (Wildman–Crippen LogP) is 3.39. The largest absolute Gasteiger partial charge is 0.378 e. The lowest BCUT2D eigenvalue weighted by Gasteiger charge is -2.28. The highest BCUT2D eigenvalue weighted by molar-refractivity contribution is 7.10. The van der Waals surface area contributed by atoms with Gasteiger partial charge in [-0.2, -0.15) is 0 Å². The summed E-state index contributed by atoms with van der Waals surface area (Å²) in [5.41, 5.74) is 4.54. The topological polar surface area (TPSA) is 41.6 Å². The van der Waals surface area contributed by atoms with Crippen LogP contribution in [0.15, 0.2) is 29.6 Å². The van der Waals surface area contributed by atoms with Crippen LogP contribution in [0, 0.1) is 0 Å². The molecule has 0 radical (unpaired) electrons. The van der Waals surface area contributed by atoms with Crippen LogP contribution >= 0.6 is 11.3 Å². The number of aryl methyl sites for hydroxylation is 1. The van der Waals surface area contributed by atoms with Gasteiger partial charge in [-0.15, -0.1) is 11.3 Å². The monoisotopic (exact) mass is 356 g/mol.